The molecule has 2 aromatic heterocycles. The number of nitrogen functional groups attached to an aromatic ring is 1. The van der Waals surface area contributed by atoms with Gasteiger partial charge in [0, 0.05) is 0 Å². The summed E-state index contributed by atoms with van der Waals surface area (Å²) in [6.07, 6.45) is 0.915. The van der Waals surface area contributed by atoms with E-state index in [1.165, 1.54) is 6.33 Å². The number of anilines is 1. The van der Waals surface area contributed by atoms with Gasteiger partial charge in [0.25, 0.3) is 0 Å². The summed E-state index contributed by atoms with van der Waals surface area (Å²) in [5.74, 6) is 0.366. The van der Waals surface area contributed by atoms with E-state index in [2.05, 4.69) is 16.2 Å². The number of nitriles is 1. The smallest absolute Gasteiger partial charge is 0.432 e. The number of nitrogens with zero attached hydrogens (tertiary/aromatic N) is 4. The van der Waals surface area contributed by atoms with Crippen LogP contribution >= 0.6 is 0 Å². The number of fused-ring (bicyclic) bond motifs is 1. The van der Waals surface area contributed by atoms with E-state index in [0.29, 0.717) is 24.2 Å². The fourth-order valence-electron chi connectivity index (χ4n) is 2.80. The summed E-state index contributed by atoms with van der Waals surface area (Å²) in [5, 5.41) is 13.7. The number of nitrogens with two attached hydrogens (primary N) is 1. The highest BCUT2D eigenvalue weighted by Crippen LogP contribution is 2.40. The predicted molar refractivity (Wildman–Crippen MR) is 86.4 cm³/mol. The lowest BCUT2D eigenvalue weighted by Crippen LogP contribution is -2.34. The Morgan fingerprint density at radius 3 is 3.12 bits per heavy atom. The first-order chi connectivity index (χ1) is 11.9. The zero-order chi connectivity index (χ0) is 18.0. The maximum atomic E-state index is 11.5. The van der Waals surface area contributed by atoms with Gasteiger partial charge in [-0.25, -0.2) is 14.3 Å². The summed E-state index contributed by atoms with van der Waals surface area (Å²) >= 11 is 0. The van der Waals surface area contributed by atoms with Gasteiger partial charge in [-0.2, -0.15) is 10.4 Å². The minimum absolute atomic E-state index is 0.189. The summed E-state index contributed by atoms with van der Waals surface area (Å²) in [5.41, 5.74) is 6.07. The molecule has 9 heteroatoms. The Hall–Kier alpha value is -2.86. The molecule has 2 atom stereocenters. The van der Waals surface area contributed by atoms with Crippen LogP contribution in [-0.4, -0.2) is 39.1 Å². The van der Waals surface area contributed by atoms with E-state index in [4.69, 9.17) is 19.9 Å². The summed E-state index contributed by atoms with van der Waals surface area (Å²) < 4.78 is 17.5. The average molecular weight is 345 g/mol. The standard InChI is InChI=1S/C16H19N5O4/c1-10(2)24-15(22)23-8-16(7-17)6-5-13(25-16)11-3-4-12-14(18)19-9-20-21(11)12/h3-4,9-10,13H,5-6,8H2,1-2H3,(H2,18,19,20). The lowest BCUT2D eigenvalue weighted by molar-refractivity contribution is -0.0584. The van der Waals surface area contributed by atoms with Gasteiger partial charge in [-0.15, -0.1) is 0 Å². The van der Waals surface area contributed by atoms with Crippen LogP contribution in [0.4, 0.5) is 10.6 Å². The van der Waals surface area contributed by atoms with Gasteiger partial charge in [0.2, 0.25) is 0 Å². The van der Waals surface area contributed by atoms with Crippen molar-refractivity contribution in [1.82, 2.24) is 14.6 Å². The molecule has 0 aromatic carbocycles. The molecular formula is C16H19N5O4. The highest BCUT2D eigenvalue weighted by atomic mass is 16.7. The number of carbonyl (C=O) groups is 1. The summed E-state index contributed by atoms with van der Waals surface area (Å²) in [7, 11) is 0. The summed E-state index contributed by atoms with van der Waals surface area (Å²) in [6, 6.07) is 5.76. The Labute approximate surface area is 144 Å². The second-order valence-corrected chi connectivity index (χ2v) is 6.16. The highest BCUT2D eigenvalue weighted by Gasteiger charge is 2.43. The van der Waals surface area contributed by atoms with Crippen LogP contribution in [0.3, 0.4) is 0 Å². The van der Waals surface area contributed by atoms with E-state index >= 15 is 0 Å². The van der Waals surface area contributed by atoms with Gasteiger partial charge in [0.1, 0.15) is 30.6 Å². The van der Waals surface area contributed by atoms with Gasteiger partial charge in [-0.05, 0) is 38.8 Å². The third kappa shape index (κ3) is 3.34. The molecule has 0 aliphatic carbocycles. The molecule has 0 spiro atoms. The quantitative estimate of drug-likeness (QED) is 0.834. The van der Waals surface area contributed by atoms with Crippen LogP contribution in [-0.2, 0) is 14.2 Å². The van der Waals surface area contributed by atoms with Crippen molar-refractivity contribution in [2.24, 2.45) is 0 Å². The highest BCUT2D eigenvalue weighted by molar-refractivity contribution is 5.65. The summed E-state index contributed by atoms with van der Waals surface area (Å²) in [6.45, 7) is 3.25. The SMILES string of the molecule is CC(C)OC(=O)OCC1(C#N)CCC(c2ccc3c(N)ncnn23)O1. The third-order valence-electron chi connectivity index (χ3n) is 3.98. The van der Waals surface area contributed by atoms with Crippen LogP contribution in [0.1, 0.15) is 38.5 Å². The first kappa shape index (κ1) is 17.0. The maximum Gasteiger partial charge on any atom is 0.508 e. The molecule has 3 rings (SSSR count). The molecule has 0 bridgehead atoms. The van der Waals surface area contributed by atoms with Gasteiger partial charge in [-0.3, -0.25) is 0 Å². The van der Waals surface area contributed by atoms with Gasteiger partial charge in [0.05, 0.1) is 11.8 Å². The average Bonchev–Trinajstić information content (AvgIpc) is 3.18. The zero-order valence-corrected chi connectivity index (χ0v) is 14.0. The zero-order valence-electron chi connectivity index (χ0n) is 14.0. The van der Waals surface area contributed by atoms with Gasteiger partial charge >= 0.3 is 6.16 Å². The van der Waals surface area contributed by atoms with E-state index in [1.807, 2.05) is 6.07 Å². The van der Waals surface area contributed by atoms with E-state index in [9.17, 15) is 10.1 Å². The molecule has 2 N–H and O–H groups in total. The Balaban J connectivity index is 1.73. The Morgan fingerprint density at radius 2 is 2.40 bits per heavy atom. The number of carbonyl (C=O) groups excluding carboxylic acids is 1. The lowest BCUT2D eigenvalue weighted by atomic mass is 10.0. The van der Waals surface area contributed by atoms with Crippen molar-refractivity contribution < 1.29 is 19.0 Å². The van der Waals surface area contributed by atoms with E-state index < -0.39 is 11.8 Å². The van der Waals surface area contributed by atoms with Crippen molar-refractivity contribution in [3.05, 3.63) is 24.2 Å². The third-order valence-corrected chi connectivity index (χ3v) is 3.98. The molecule has 0 saturated carbocycles. The van der Waals surface area contributed by atoms with E-state index in [-0.39, 0.29) is 18.8 Å². The topological polar surface area (TPSA) is 125 Å². The monoisotopic (exact) mass is 345 g/mol. The molecule has 2 unspecified atom stereocenters. The van der Waals surface area contributed by atoms with Crippen molar-refractivity contribution >= 4 is 17.5 Å². The number of aromatic nitrogens is 3. The molecule has 1 aliphatic heterocycles. The van der Waals surface area contributed by atoms with Crippen LogP contribution in [0.15, 0.2) is 18.5 Å². The van der Waals surface area contributed by atoms with Crippen molar-refractivity contribution in [3.8, 4) is 6.07 Å². The van der Waals surface area contributed by atoms with Crippen LogP contribution in [0.2, 0.25) is 0 Å². The molecule has 1 aliphatic rings. The number of hydrogen-bond acceptors (Lipinski definition) is 8. The largest absolute Gasteiger partial charge is 0.508 e. The minimum Gasteiger partial charge on any atom is -0.432 e. The van der Waals surface area contributed by atoms with Crippen LogP contribution in [0.5, 0.6) is 0 Å². The molecule has 25 heavy (non-hydrogen) atoms. The Morgan fingerprint density at radius 1 is 1.60 bits per heavy atom. The second kappa shape index (κ2) is 6.57. The van der Waals surface area contributed by atoms with Crippen LogP contribution in [0, 0.1) is 11.3 Å². The molecule has 9 nitrogen and oxygen atoms in total. The van der Waals surface area contributed by atoms with Crippen molar-refractivity contribution in [2.75, 3.05) is 12.3 Å². The van der Waals surface area contributed by atoms with Crippen molar-refractivity contribution in [3.63, 3.8) is 0 Å². The molecule has 0 amide bonds. The molecular weight excluding hydrogens is 326 g/mol. The number of rotatable bonds is 4. The predicted octanol–water partition coefficient (Wildman–Crippen LogP) is 1.99. The minimum atomic E-state index is -1.20. The van der Waals surface area contributed by atoms with Gasteiger partial charge < -0.3 is 19.9 Å². The molecule has 1 fully saturated rings. The number of hydrogen-bond donors (Lipinski definition) is 1. The Kier molecular flexibility index (Phi) is 4.46. The van der Waals surface area contributed by atoms with Crippen LogP contribution in [0.25, 0.3) is 5.52 Å². The maximum absolute atomic E-state index is 11.5. The first-order valence-corrected chi connectivity index (χ1v) is 7.95. The van der Waals surface area contributed by atoms with E-state index in [0.717, 1.165) is 5.69 Å². The van der Waals surface area contributed by atoms with Crippen LogP contribution < -0.4 is 5.73 Å². The van der Waals surface area contributed by atoms with Gasteiger partial charge in [-0.1, -0.05) is 0 Å². The molecule has 2 aromatic rings. The molecule has 3 heterocycles. The molecule has 132 valence electrons. The fraction of sp³-hybridized carbons (Fsp3) is 0.500. The van der Waals surface area contributed by atoms with Crippen molar-refractivity contribution in [1.29, 1.82) is 5.26 Å². The lowest BCUT2D eigenvalue weighted by Gasteiger charge is -2.21. The number of ether oxygens (including phenoxy) is 3. The van der Waals surface area contributed by atoms with Crippen molar-refractivity contribution in [2.45, 2.75) is 44.5 Å². The normalized spacial score (nSPS) is 22.9. The second-order valence-electron chi connectivity index (χ2n) is 6.16. The molecule has 1 saturated heterocycles. The van der Waals surface area contributed by atoms with E-state index in [1.54, 1.807) is 24.4 Å². The first-order valence-electron chi connectivity index (χ1n) is 7.95. The summed E-state index contributed by atoms with van der Waals surface area (Å²) in [4.78, 5) is 15.5. The molecule has 0 radical (unpaired) electrons. The Bertz CT molecular complexity index is 828. The van der Waals surface area contributed by atoms with Gasteiger partial charge in [0.15, 0.2) is 11.4 Å². The fourth-order valence-corrected chi connectivity index (χ4v) is 2.80.